The van der Waals surface area contributed by atoms with Gasteiger partial charge in [0.1, 0.15) is 17.2 Å². The van der Waals surface area contributed by atoms with Crippen LogP contribution in [0.3, 0.4) is 0 Å². The second-order valence-corrected chi connectivity index (χ2v) is 5.53. The van der Waals surface area contributed by atoms with E-state index < -0.39 is 0 Å². The fourth-order valence-corrected chi connectivity index (χ4v) is 2.47. The summed E-state index contributed by atoms with van der Waals surface area (Å²) < 4.78 is 15.4. The highest BCUT2D eigenvalue weighted by atomic mass is 19.1. The van der Waals surface area contributed by atoms with Gasteiger partial charge >= 0.3 is 0 Å². The molecule has 0 aliphatic heterocycles. The Bertz CT molecular complexity index is 792. The largest absolute Gasteiger partial charge is 0.340 e. The van der Waals surface area contributed by atoms with Crippen molar-refractivity contribution < 1.29 is 4.39 Å². The smallest absolute Gasteiger partial charge is 0.132 e. The molecule has 0 bridgehead atoms. The summed E-state index contributed by atoms with van der Waals surface area (Å²) in [5, 5.41) is 3.13. The Morgan fingerprint density at radius 2 is 2.14 bits per heavy atom. The predicted molar refractivity (Wildman–Crippen MR) is 79.9 cm³/mol. The Balaban J connectivity index is 1.65. The van der Waals surface area contributed by atoms with Gasteiger partial charge in [-0.2, -0.15) is 0 Å². The lowest BCUT2D eigenvalue weighted by molar-refractivity contribution is 0.628. The number of pyridine rings is 1. The van der Waals surface area contributed by atoms with Crippen molar-refractivity contribution in [2.24, 2.45) is 5.92 Å². The van der Waals surface area contributed by atoms with Gasteiger partial charge in [-0.15, -0.1) is 0 Å². The number of nitrogens with one attached hydrogen (secondary N) is 1. The van der Waals surface area contributed by atoms with Crippen molar-refractivity contribution in [2.45, 2.75) is 19.4 Å². The van der Waals surface area contributed by atoms with Crippen LogP contribution in [0.4, 0.5) is 15.9 Å². The van der Waals surface area contributed by atoms with Crippen molar-refractivity contribution >= 4 is 22.5 Å². The number of fused-ring (bicyclic) bond motifs is 1. The molecule has 1 aliphatic rings. The van der Waals surface area contributed by atoms with E-state index in [0.29, 0.717) is 11.5 Å². The van der Waals surface area contributed by atoms with Crippen LogP contribution in [0.15, 0.2) is 42.9 Å². The summed E-state index contributed by atoms with van der Waals surface area (Å²) in [7, 11) is 0. The van der Waals surface area contributed by atoms with Crippen LogP contribution in [0.5, 0.6) is 0 Å². The standard InChI is InChI=1S/C16H15FN4/c17-12-2-1-3-13(6-12)20-16-7-15-14(8-18-16)19-10-21(15)9-11-4-5-11/h1-3,6-8,10-11H,4-5,9H2,(H,18,20). The Morgan fingerprint density at radius 3 is 2.95 bits per heavy atom. The van der Waals surface area contributed by atoms with Gasteiger partial charge < -0.3 is 9.88 Å². The first-order valence-electron chi connectivity index (χ1n) is 7.11. The molecule has 0 radical (unpaired) electrons. The van der Waals surface area contributed by atoms with Gasteiger partial charge in [0.2, 0.25) is 0 Å². The number of anilines is 2. The number of aromatic nitrogens is 3. The average molecular weight is 282 g/mol. The van der Waals surface area contributed by atoms with E-state index in [1.165, 1.54) is 25.0 Å². The average Bonchev–Trinajstić information content (AvgIpc) is 3.20. The van der Waals surface area contributed by atoms with Crippen LogP contribution in [-0.4, -0.2) is 14.5 Å². The monoisotopic (exact) mass is 282 g/mol. The van der Waals surface area contributed by atoms with Crippen LogP contribution >= 0.6 is 0 Å². The van der Waals surface area contributed by atoms with E-state index in [-0.39, 0.29) is 5.82 Å². The zero-order chi connectivity index (χ0) is 14.2. The molecule has 2 heterocycles. The van der Waals surface area contributed by atoms with Crippen LogP contribution in [0.25, 0.3) is 11.0 Å². The summed E-state index contributed by atoms with van der Waals surface area (Å²) in [5.41, 5.74) is 2.64. The SMILES string of the molecule is Fc1cccc(Nc2cc3c(cn2)ncn3CC2CC2)c1. The normalized spacial score (nSPS) is 14.5. The summed E-state index contributed by atoms with van der Waals surface area (Å²) in [6.07, 6.45) is 6.23. The topological polar surface area (TPSA) is 42.7 Å². The molecule has 3 aromatic rings. The third kappa shape index (κ3) is 2.59. The molecule has 0 saturated heterocycles. The molecular formula is C16H15FN4. The molecule has 1 aliphatic carbocycles. The maximum Gasteiger partial charge on any atom is 0.132 e. The molecule has 4 nitrogen and oxygen atoms in total. The van der Waals surface area contributed by atoms with E-state index in [2.05, 4.69) is 19.9 Å². The van der Waals surface area contributed by atoms with Gasteiger partial charge in [-0.3, -0.25) is 0 Å². The molecule has 1 fully saturated rings. The number of rotatable bonds is 4. The summed E-state index contributed by atoms with van der Waals surface area (Å²) >= 11 is 0. The van der Waals surface area contributed by atoms with Crippen molar-refractivity contribution in [3.63, 3.8) is 0 Å². The van der Waals surface area contributed by atoms with Gasteiger partial charge in [0.15, 0.2) is 0 Å². The summed E-state index contributed by atoms with van der Waals surface area (Å²) in [6.45, 7) is 1.01. The number of hydrogen-bond donors (Lipinski definition) is 1. The number of nitrogens with zero attached hydrogens (tertiary/aromatic N) is 3. The van der Waals surface area contributed by atoms with Crippen LogP contribution < -0.4 is 5.32 Å². The molecule has 21 heavy (non-hydrogen) atoms. The zero-order valence-corrected chi connectivity index (χ0v) is 11.5. The minimum atomic E-state index is -0.264. The molecule has 106 valence electrons. The minimum absolute atomic E-state index is 0.264. The molecule has 5 heteroatoms. The second kappa shape index (κ2) is 4.84. The molecule has 1 saturated carbocycles. The summed E-state index contributed by atoms with van der Waals surface area (Å²) in [6, 6.07) is 8.33. The Kier molecular flexibility index (Phi) is 2.84. The lowest BCUT2D eigenvalue weighted by atomic mass is 10.3. The maximum absolute atomic E-state index is 13.2. The molecule has 0 amide bonds. The highest BCUT2D eigenvalue weighted by Crippen LogP contribution is 2.32. The molecule has 0 unspecified atom stereocenters. The first-order chi connectivity index (χ1) is 10.3. The third-order valence-corrected chi connectivity index (χ3v) is 3.76. The van der Waals surface area contributed by atoms with E-state index >= 15 is 0 Å². The molecule has 1 N–H and O–H groups in total. The summed E-state index contributed by atoms with van der Waals surface area (Å²) in [4.78, 5) is 8.70. The molecule has 0 spiro atoms. The Labute approximate surface area is 121 Å². The molecule has 4 rings (SSSR count). The number of benzene rings is 1. The van der Waals surface area contributed by atoms with Crippen molar-refractivity contribution in [1.29, 1.82) is 0 Å². The van der Waals surface area contributed by atoms with Crippen LogP contribution in [0, 0.1) is 11.7 Å². The molecular weight excluding hydrogens is 267 g/mol. The van der Waals surface area contributed by atoms with Gasteiger partial charge in [-0.25, -0.2) is 14.4 Å². The third-order valence-electron chi connectivity index (χ3n) is 3.76. The van der Waals surface area contributed by atoms with Crippen molar-refractivity contribution in [3.05, 3.63) is 48.7 Å². The van der Waals surface area contributed by atoms with E-state index in [0.717, 1.165) is 23.5 Å². The van der Waals surface area contributed by atoms with Gasteiger partial charge in [-0.1, -0.05) is 6.07 Å². The van der Waals surface area contributed by atoms with Gasteiger partial charge in [-0.05, 0) is 37.0 Å². The lowest BCUT2D eigenvalue weighted by Crippen LogP contribution is -1.99. The lowest BCUT2D eigenvalue weighted by Gasteiger charge is -2.07. The van der Waals surface area contributed by atoms with E-state index in [4.69, 9.17) is 0 Å². The minimum Gasteiger partial charge on any atom is -0.340 e. The molecule has 1 aromatic carbocycles. The first-order valence-corrected chi connectivity index (χ1v) is 7.11. The van der Waals surface area contributed by atoms with E-state index in [9.17, 15) is 4.39 Å². The Morgan fingerprint density at radius 1 is 1.24 bits per heavy atom. The van der Waals surface area contributed by atoms with Crippen molar-refractivity contribution in [3.8, 4) is 0 Å². The molecule has 0 atom stereocenters. The fraction of sp³-hybridized carbons (Fsp3) is 0.250. The highest BCUT2D eigenvalue weighted by Gasteiger charge is 2.22. The van der Waals surface area contributed by atoms with E-state index in [1.807, 2.05) is 18.5 Å². The van der Waals surface area contributed by atoms with Crippen LogP contribution in [0.2, 0.25) is 0 Å². The van der Waals surface area contributed by atoms with E-state index in [1.54, 1.807) is 12.3 Å². The first kappa shape index (κ1) is 12.3. The summed E-state index contributed by atoms with van der Waals surface area (Å²) in [5.74, 6) is 1.22. The fourth-order valence-electron chi connectivity index (χ4n) is 2.47. The predicted octanol–water partition coefficient (Wildman–Crippen LogP) is 3.72. The number of hydrogen-bond acceptors (Lipinski definition) is 3. The number of halogens is 1. The van der Waals surface area contributed by atoms with Crippen LogP contribution in [0.1, 0.15) is 12.8 Å². The quantitative estimate of drug-likeness (QED) is 0.793. The van der Waals surface area contributed by atoms with Gasteiger partial charge in [0.05, 0.1) is 18.0 Å². The van der Waals surface area contributed by atoms with Crippen molar-refractivity contribution in [1.82, 2.24) is 14.5 Å². The molecule has 2 aromatic heterocycles. The number of imidazole rings is 1. The van der Waals surface area contributed by atoms with Gasteiger partial charge in [0, 0.05) is 18.3 Å². The van der Waals surface area contributed by atoms with Gasteiger partial charge in [0.25, 0.3) is 0 Å². The second-order valence-electron chi connectivity index (χ2n) is 5.53. The maximum atomic E-state index is 13.2. The Hall–Kier alpha value is -2.43. The highest BCUT2D eigenvalue weighted by molar-refractivity contribution is 5.78. The van der Waals surface area contributed by atoms with Crippen LogP contribution in [-0.2, 0) is 6.54 Å². The van der Waals surface area contributed by atoms with Crippen molar-refractivity contribution in [2.75, 3.05) is 5.32 Å². The zero-order valence-electron chi connectivity index (χ0n) is 11.5.